The zero-order valence-corrected chi connectivity index (χ0v) is 22.6. The zero-order chi connectivity index (χ0) is 25.1. The van der Waals surface area contributed by atoms with Gasteiger partial charge in [-0.05, 0) is 71.1 Å². The van der Waals surface area contributed by atoms with Gasteiger partial charge < -0.3 is 0 Å². The summed E-state index contributed by atoms with van der Waals surface area (Å²) in [5, 5.41) is 4.24. The maximum atomic E-state index is 4.24. The van der Waals surface area contributed by atoms with Gasteiger partial charge in [-0.25, -0.2) is 0 Å². The molecule has 3 aromatic rings. The van der Waals surface area contributed by atoms with E-state index >= 15 is 0 Å². The first-order chi connectivity index (χ1) is 16.6. The summed E-state index contributed by atoms with van der Waals surface area (Å²) in [5.41, 5.74) is 3.83. The highest BCUT2D eigenvalue weighted by Crippen LogP contribution is 2.39. The van der Waals surface area contributed by atoms with Crippen molar-refractivity contribution in [3.63, 3.8) is 0 Å². The Bertz CT molecular complexity index is 926. The molecule has 4 rings (SSSR count). The minimum absolute atomic E-state index is 0.158. The predicted octanol–water partition coefficient (Wildman–Crippen LogP) is 7.62. The number of hydrogen-bond donors (Lipinski definition) is 1. The van der Waals surface area contributed by atoms with Gasteiger partial charge in [0.1, 0.15) is 17.1 Å². The van der Waals surface area contributed by atoms with Gasteiger partial charge in [-0.15, -0.1) is 0 Å². The average Bonchev–Trinajstić information content (AvgIpc) is 2.83. The molecule has 1 aliphatic rings. The van der Waals surface area contributed by atoms with Crippen LogP contribution in [-0.2, 0) is 5.54 Å². The molecule has 2 heteroatoms. The molecule has 35 heavy (non-hydrogen) atoms. The predicted molar refractivity (Wildman–Crippen MR) is 150 cm³/mol. The molecule has 2 nitrogen and oxygen atoms in total. The molecule has 0 aliphatic heterocycles. The van der Waals surface area contributed by atoms with Gasteiger partial charge in [0.15, 0.2) is 0 Å². The molecule has 1 N–H and O–H groups in total. The fourth-order valence-electron chi connectivity index (χ4n) is 6.70. The van der Waals surface area contributed by atoms with E-state index in [1.807, 2.05) is 0 Å². The number of nitrogens with zero attached hydrogens (tertiary/aromatic N) is 1. The Labute approximate surface area is 213 Å². The maximum absolute atomic E-state index is 4.24. The van der Waals surface area contributed by atoms with E-state index in [-0.39, 0.29) is 16.6 Å². The number of hydrogen-bond acceptors (Lipinski definition) is 2. The summed E-state index contributed by atoms with van der Waals surface area (Å²) < 4.78 is 0. The van der Waals surface area contributed by atoms with Crippen molar-refractivity contribution in [1.29, 1.82) is 0 Å². The van der Waals surface area contributed by atoms with Gasteiger partial charge >= 0.3 is 0 Å². The highest BCUT2D eigenvalue weighted by Gasteiger charge is 2.48. The number of rotatable bonds is 6. The van der Waals surface area contributed by atoms with Crippen LogP contribution in [0.3, 0.4) is 0 Å². The van der Waals surface area contributed by atoms with Crippen molar-refractivity contribution in [3.8, 4) is 0 Å². The first-order valence-corrected chi connectivity index (χ1v) is 13.4. The molecule has 0 saturated heterocycles. The van der Waals surface area contributed by atoms with Crippen molar-refractivity contribution >= 4 is 0 Å². The zero-order valence-electron chi connectivity index (χ0n) is 22.6. The Morgan fingerprint density at radius 1 is 0.543 bits per heavy atom. The van der Waals surface area contributed by atoms with Crippen LogP contribution in [0.15, 0.2) is 91.0 Å². The van der Waals surface area contributed by atoms with Crippen LogP contribution in [0.25, 0.3) is 0 Å². The fourth-order valence-corrected chi connectivity index (χ4v) is 6.70. The minimum Gasteiger partial charge on any atom is -0.297 e. The molecule has 0 aromatic heterocycles. The van der Waals surface area contributed by atoms with E-state index in [2.05, 4.69) is 143 Å². The van der Waals surface area contributed by atoms with Crippen molar-refractivity contribution in [3.05, 3.63) is 108 Å². The highest BCUT2D eigenvalue weighted by atomic mass is 15.3. The van der Waals surface area contributed by atoms with E-state index in [1.54, 1.807) is 0 Å². The molecule has 0 spiro atoms. The van der Waals surface area contributed by atoms with Crippen LogP contribution in [0.5, 0.6) is 0 Å². The highest BCUT2D eigenvalue weighted by molar-refractivity contribution is 5.49. The lowest BCUT2D eigenvalue weighted by Gasteiger charge is -2.45. The molecule has 0 atom stereocenters. The molecule has 1 fully saturated rings. The molecule has 0 heterocycles. The number of nitrogens with one attached hydrogen (secondary N) is 1. The quantitative estimate of drug-likeness (QED) is 0.291. The van der Waals surface area contributed by atoms with Gasteiger partial charge in [-0.1, -0.05) is 91.0 Å². The molecule has 1 aliphatic carbocycles. The van der Waals surface area contributed by atoms with Crippen LogP contribution >= 0.6 is 0 Å². The number of benzene rings is 3. The standard InChI is InChI=1S/C33H44N2/c1-31(2,3)35(32(4,5)6)30-24-22-29(23-25-30)34-33(26-16-10-7-11-17-26,27-18-12-8-13-19-27)28-20-14-9-15-21-28/h7-21,29-30,34H,22-25H2,1-6H3/q+1/t29-,30+. The summed E-state index contributed by atoms with van der Waals surface area (Å²) >= 11 is 0. The maximum Gasteiger partial charge on any atom is 0.135 e. The van der Waals surface area contributed by atoms with Gasteiger partial charge in [-0.3, -0.25) is 5.32 Å². The van der Waals surface area contributed by atoms with Crippen LogP contribution < -0.4 is 10.2 Å². The van der Waals surface area contributed by atoms with E-state index in [9.17, 15) is 0 Å². The SMILES string of the molecule is CC(C)(C)[N+]([C@H]1CC[C@@H](NC(c2ccccc2)(c2ccccc2)c2ccccc2)CC1)C(C)(C)C. The molecule has 0 unspecified atom stereocenters. The van der Waals surface area contributed by atoms with E-state index < -0.39 is 0 Å². The smallest absolute Gasteiger partial charge is 0.135 e. The van der Waals surface area contributed by atoms with Crippen molar-refractivity contribution in [2.75, 3.05) is 0 Å². The lowest BCUT2D eigenvalue weighted by Crippen LogP contribution is -2.63. The summed E-state index contributed by atoms with van der Waals surface area (Å²) in [5.74, 6) is 0. The molecule has 0 amide bonds. The van der Waals surface area contributed by atoms with Gasteiger partial charge in [0.05, 0.1) is 5.54 Å². The van der Waals surface area contributed by atoms with Crippen molar-refractivity contribution < 1.29 is 0 Å². The van der Waals surface area contributed by atoms with Crippen LogP contribution in [-0.4, -0.2) is 23.2 Å². The molecule has 3 aromatic carbocycles. The third-order valence-electron chi connectivity index (χ3n) is 7.55. The Balaban J connectivity index is 1.69. The summed E-state index contributed by atoms with van der Waals surface area (Å²) in [7, 11) is 0. The monoisotopic (exact) mass is 468 g/mol. The van der Waals surface area contributed by atoms with Crippen molar-refractivity contribution in [2.45, 2.75) is 95.9 Å². The Morgan fingerprint density at radius 2 is 0.886 bits per heavy atom. The van der Waals surface area contributed by atoms with Gasteiger partial charge in [0, 0.05) is 18.9 Å². The molecule has 185 valence electrons. The lowest BCUT2D eigenvalue weighted by atomic mass is 9.75. The largest absolute Gasteiger partial charge is 0.297 e. The second-order valence-corrected chi connectivity index (χ2v) is 12.2. The Morgan fingerprint density at radius 3 is 1.20 bits per heavy atom. The summed E-state index contributed by atoms with van der Waals surface area (Å²) in [6, 6.07) is 34.1. The van der Waals surface area contributed by atoms with Gasteiger partial charge in [0.2, 0.25) is 0 Å². The second kappa shape index (κ2) is 10.3. The topological polar surface area (TPSA) is 17.9 Å². The first kappa shape index (κ1) is 25.7. The van der Waals surface area contributed by atoms with Crippen LogP contribution in [0.4, 0.5) is 0 Å². The summed E-state index contributed by atoms with van der Waals surface area (Å²) in [4.78, 5) is 2.76. The third-order valence-corrected chi connectivity index (χ3v) is 7.55. The minimum atomic E-state index is -0.380. The average molecular weight is 469 g/mol. The lowest BCUT2D eigenvalue weighted by molar-refractivity contribution is 0.0711. The molecular formula is C33H44N2+. The second-order valence-electron chi connectivity index (χ2n) is 12.2. The van der Waals surface area contributed by atoms with Crippen LogP contribution in [0, 0.1) is 0 Å². The van der Waals surface area contributed by atoms with Crippen molar-refractivity contribution in [1.82, 2.24) is 10.2 Å². The van der Waals surface area contributed by atoms with Crippen LogP contribution in [0.2, 0.25) is 0 Å². The van der Waals surface area contributed by atoms with Crippen LogP contribution in [0.1, 0.15) is 83.9 Å². The van der Waals surface area contributed by atoms with Gasteiger partial charge in [-0.2, -0.15) is 4.90 Å². The first-order valence-electron chi connectivity index (χ1n) is 13.4. The van der Waals surface area contributed by atoms with Crippen molar-refractivity contribution in [2.24, 2.45) is 0 Å². The Kier molecular flexibility index (Phi) is 7.54. The summed E-state index contributed by atoms with van der Waals surface area (Å²) in [6.45, 7) is 14.2. The van der Waals surface area contributed by atoms with E-state index in [0.717, 1.165) is 0 Å². The molecular weight excluding hydrogens is 424 g/mol. The molecule has 1 radical (unpaired) electrons. The fraction of sp³-hybridized carbons (Fsp3) is 0.455. The van der Waals surface area contributed by atoms with Gasteiger partial charge in [0.25, 0.3) is 0 Å². The molecule has 1 saturated carbocycles. The van der Waals surface area contributed by atoms with E-state index in [4.69, 9.17) is 0 Å². The molecule has 0 bridgehead atoms. The Hall–Kier alpha value is -2.42. The van der Waals surface area contributed by atoms with E-state index in [1.165, 1.54) is 42.4 Å². The third kappa shape index (κ3) is 5.55. The van der Waals surface area contributed by atoms with E-state index in [0.29, 0.717) is 12.1 Å². The summed E-state index contributed by atoms with van der Waals surface area (Å²) in [6.07, 6.45) is 4.81. The normalized spacial score (nSPS) is 19.6.